The number of para-hydroxylation sites is 2. The molecule has 6 aromatic carbocycles. The third kappa shape index (κ3) is 7.37. The maximum Gasteiger partial charge on any atom is 0 e. The average Bonchev–Trinajstić information content (AvgIpc) is 3.80. The molecule has 4 nitrogen and oxygen atoms in total. The number of halogens is 1. The van der Waals surface area contributed by atoms with Gasteiger partial charge in [-0.3, -0.25) is 4.98 Å². The molecule has 0 aliphatic heterocycles. The molecule has 0 spiro atoms. The number of pyridine rings is 2. The molecule has 0 bridgehead atoms. The van der Waals surface area contributed by atoms with Gasteiger partial charge in [0.2, 0.25) is 0 Å². The Bertz CT molecular complexity index is 3030. The minimum Gasteiger partial charge on any atom is 0 e. The molecule has 1 radical (unpaired) electrons. The predicted molar refractivity (Wildman–Crippen MR) is 235 cm³/mol. The molecule has 10 rings (SSSR count). The van der Waals surface area contributed by atoms with Gasteiger partial charge in [-0.25, -0.2) is 9.37 Å². The first-order valence-corrected chi connectivity index (χ1v) is 26.8. The molecule has 0 aliphatic rings. The summed E-state index contributed by atoms with van der Waals surface area (Å²) in [5, 5.41) is 3.66. The number of aromatic nitrogens is 4. The second-order valence-corrected chi connectivity index (χ2v) is 26.5. The van der Waals surface area contributed by atoms with E-state index in [2.05, 4.69) is 75.4 Å². The van der Waals surface area contributed by atoms with Crippen molar-refractivity contribution in [2.45, 2.75) is 24.2 Å². The maximum atomic E-state index is 15.6. The number of hydrogen-bond donors (Lipinski definition) is 0. The fourth-order valence-corrected chi connectivity index (χ4v) is 10.6. The van der Waals surface area contributed by atoms with Gasteiger partial charge in [0.1, 0.15) is 10.6 Å². The monoisotopic (exact) mass is 999 g/mol. The van der Waals surface area contributed by atoms with Crippen LogP contribution in [0.25, 0.3) is 81.6 Å². The van der Waals surface area contributed by atoms with E-state index in [1.165, 1.54) is 4.40 Å². The number of nitrogens with zero attached hydrogens (tertiary/aromatic N) is 4. The van der Waals surface area contributed by atoms with E-state index >= 15 is 4.39 Å². The molecule has 0 atom stereocenters. The Morgan fingerprint density at radius 1 is 0.684 bits per heavy atom. The van der Waals surface area contributed by atoms with Crippen LogP contribution in [0.4, 0.5) is 4.39 Å². The Balaban J connectivity index is 0.000000226. The van der Waals surface area contributed by atoms with Crippen LogP contribution in [0.3, 0.4) is 0 Å². The second kappa shape index (κ2) is 15.9. The van der Waals surface area contributed by atoms with E-state index in [0.29, 0.717) is 5.39 Å². The Morgan fingerprint density at radius 3 is 2.19 bits per heavy atom. The summed E-state index contributed by atoms with van der Waals surface area (Å²) in [7, 11) is 0. The zero-order valence-corrected chi connectivity index (χ0v) is 37.2. The number of hydrogen-bond acceptors (Lipinski definition) is 4. The number of rotatable bonds is 5. The summed E-state index contributed by atoms with van der Waals surface area (Å²) < 4.78 is 20.3. The molecule has 0 fully saturated rings. The van der Waals surface area contributed by atoms with Crippen LogP contribution in [-0.4, -0.2) is 32.8 Å². The first-order chi connectivity index (χ1) is 27.2. The number of thiophene rings is 1. The van der Waals surface area contributed by atoms with E-state index in [-0.39, 0.29) is 25.9 Å². The topological polar surface area (TPSA) is 43.6 Å². The van der Waals surface area contributed by atoms with Crippen molar-refractivity contribution in [1.29, 1.82) is 0 Å². The van der Waals surface area contributed by atoms with Gasteiger partial charge in [-0.05, 0) is 46.8 Å². The van der Waals surface area contributed by atoms with E-state index in [9.17, 15) is 0 Å². The molecular weight excluding hydrogens is 960 g/mol. The van der Waals surface area contributed by atoms with Gasteiger partial charge in [0.25, 0.3) is 0 Å². The van der Waals surface area contributed by atoms with E-state index in [1.807, 2.05) is 116 Å². The largest absolute Gasteiger partial charge is 0 e. The molecule has 4 heterocycles. The molecule has 57 heavy (non-hydrogen) atoms. The maximum absolute atomic E-state index is 15.6. The van der Waals surface area contributed by atoms with Crippen LogP contribution < -0.4 is 4.40 Å². The summed E-state index contributed by atoms with van der Waals surface area (Å²) in [5.74, 6) is 7.66. The van der Waals surface area contributed by atoms with Crippen LogP contribution in [-0.2, 0) is 20.1 Å². The van der Waals surface area contributed by atoms with Gasteiger partial charge in [-0.15, -0.1) is 18.2 Å². The Morgan fingerprint density at radius 2 is 1.44 bits per heavy atom. The molecule has 0 unspecified atom stereocenters. The molecule has 281 valence electrons. The van der Waals surface area contributed by atoms with Crippen molar-refractivity contribution < 1.29 is 24.5 Å². The van der Waals surface area contributed by atoms with E-state index in [1.54, 1.807) is 17.4 Å². The Labute approximate surface area is 351 Å². The second-order valence-electron chi connectivity index (χ2n) is 14.9. The SMILES string of the molecule is Cc1ccc2c(n1)sc1c(-c3nc4ccccc4n3-c3c(-c4ccccc4)cc(F)c4ccccc34)[c-]ccc12.[CH3][Ge]([CH3])([CH3])[c]1ccc(-c2[c-]cccc2)nc1.[Ir]. The smallest absolute Gasteiger partial charge is 0 e. The van der Waals surface area contributed by atoms with Gasteiger partial charge >= 0.3 is 99.8 Å². The summed E-state index contributed by atoms with van der Waals surface area (Å²) >= 11 is -0.0538. The van der Waals surface area contributed by atoms with Gasteiger partial charge in [0.15, 0.2) is 0 Å². The van der Waals surface area contributed by atoms with Crippen molar-refractivity contribution in [2.24, 2.45) is 0 Å². The summed E-state index contributed by atoms with van der Waals surface area (Å²) in [6.45, 7) is 2.01. The van der Waals surface area contributed by atoms with Crippen LogP contribution in [0.2, 0.25) is 17.3 Å². The van der Waals surface area contributed by atoms with Crippen LogP contribution >= 0.6 is 11.3 Å². The predicted octanol–water partition coefficient (Wildman–Crippen LogP) is 12.6. The summed E-state index contributed by atoms with van der Waals surface area (Å²) in [6.07, 6.45) is 2.04. The number of fused-ring (bicyclic) bond motifs is 5. The minimum absolute atomic E-state index is 0. The Hall–Kier alpha value is -5.31. The molecule has 0 saturated heterocycles. The summed E-state index contributed by atoms with van der Waals surface area (Å²) in [5.41, 5.74) is 8.43. The molecule has 0 amide bonds. The van der Waals surface area contributed by atoms with Gasteiger partial charge in [0, 0.05) is 42.1 Å². The van der Waals surface area contributed by atoms with Crippen LogP contribution in [0.1, 0.15) is 5.69 Å². The molecular formula is C49H37FGeIrN4S-2. The van der Waals surface area contributed by atoms with E-state index < -0.39 is 13.3 Å². The average molecular weight is 998 g/mol. The quantitative estimate of drug-likeness (QED) is 0.127. The third-order valence-corrected chi connectivity index (χ3v) is 15.5. The molecule has 0 aliphatic carbocycles. The molecule has 0 saturated carbocycles. The molecule has 8 heteroatoms. The minimum atomic E-state index is -1.72. The van der Waals surface area contributed by atoms with Crippen molar-refractivity contribution in [3.05, 3.63) is 175 Å². The van der Waals surface area contributed by atoms with Crippen molar-refractivity contribution in [2.75, 3.05) is 0 Å². The van der Waals surface area contributed by atoms with Gasteiger partial charge in [-0.2, -0.15) is 11.3 Å². The fourth-order valence-electron chi connectivity index (χ4n) is 7.24. The van der Waals surface area contributed by atoms with Gasteiger partial charge < -0.3 is 4.57 Å². The molecule has 0 N–H and O–H groups in total. The normalized spacial score (nSPS) is 11.5. The van der Waals surface area contributed by atoms with Crippen LogP contribution in [0, 0.1) is 24.9 Å². The van der Waals surface area contributed by atoms with Crippen molar-refractivity contribution in [3.8, 4) is 39.5 Å². The van der Waals surface area contributed by atoms with Crippen LogP contribution in [0.15, 0.2) is 152 Å². The first-order valence-electron chi connectivity index (χ1n) is 18.6. The van der Waals surface area contributed by atoms with E-state index in [4.69, 9.17) is 9.97 Å². The summed E-state index contributed by atoms with van der Waals surface area (Å²) in [6, 6.07) is 54.7. The zero-order valence-electron chi connectivity index (χ0n) is 31.8. The Kier molecular flexibility index (Phi) is 10.8. The van der Waals surface area contributed by atoms with Gasteiger partial charge in [0.05, 0.1) is 22.5 Å². The van der Waals surface area contributed by atoms with Gasteiger partial charge in [-0.1, -0.05) is 83.7 Å². The summed E-state index contributed by atoms with van der Waals surface area (Å²) in [4.78, 5) is 15.5. The van der Waals surface area contributed by atoms with Crippen molar-refractivity contribution in [1.82, 2.24) is 19.5 Å². The fraction of sp³-hybridized carbons (Fsp3) is 0.0816. The first kappa shape index (κ1) is 38.6. The zero-order chi connectivity index (χ0) is 38.4. The number of benzene rings is 6. The molecule has 10 aromatic rings. The van der Waals surface area contributed by atoms with Crippen molar-refractivity contribution >= 4 is 71.1 Å². The third-order valence-electron chi connectivity index (χ3n) is 10.1. The standard InChI is InChI=1S/C35H21FN3S.C14H16GeN.Ir/c1-21-18-19-26-25-14-9-15-27(33(25)40-35(26)37-21)34-38-30-16-7-8-17-31(30)39(34)32-24-13-6-5-12-23(24)29(36)20-28(32)22-10-3-2-4-11-22;1-15(2,3)13-9-10-14(16-11-13)12-7-5-4-6-8-12;/h2-14,16-20H,1H3;4-7,9-11H,1-3H3;/q2*-1;. The van der Waals surface area contributed by atoms with Crippen molar-refractivity contribution in [3.63, 3.8) is 0 Å². The number of imidazole rings is 1. The number of aryl methyl sites for hydroxylation is 1. The molecule has 4 aromatic heterocycles. The van der Waals surface area contributed by atoms with Crippen LogP contribution in [0.5, 0.6) is 0 Å². The van der Waals surface area contributed by atoms with E-state index in [0.717, 1.165) is 81.9 Å².